The minimum Gasteiger partial charge on any atom is -0.336 e. The van der Waals surface area contributed by atoms with Crippen molar-refractivity contribution in [2.45, 2.75) is 6.67 Å². The molecular formula is C19H18FN5O3. The lowest BCUT2D eigenvalue weighted by Crippen LogP contribution is -2.49. The summed E-state index contributed by atoms with van der Waals surface area (Å²) in [6.45, 7) is 3.05. The molecular weight excluding hydrogens is 365 g/mol. The van der Waals surface area contributed by atoms with Crippen molar-refractivity contribution >= 4 is 22.5 Å². The van der Waals surface area contributed by atoms with Crippen LogP contribution < -0.4 is 0 Å². The fraction of sp³-hybridized carbons (Fsp3) is 0.263. The topological polar surface area (TPSA) is 84.5 Å². The Bertz CT molecular complexity index is 1030. The summed E-state index contributed by atoms with van der Waals surface area (Å²) >= 11 is 0. The monoisotopic (exact) mass is 383 g/mol. The number of hydrogen-bond acceptors (Lipinski definition) is 5. The van der Waals surface area contributed by atoms with Crippen LogP contribution in [0, 0.1) is 15.9 Å². The molecule has 0 spiro atoms. The maximum atomic E-state index is 13.0. The third-order valence-electron chi connectivity index (χ3n) is 4.92. The Hall–Kier alpha value is -3.33. The van der Waals surface area contributed by atoms with Gasteiger partial charge in [-0.3, -0.25) is 24.5 Å². The quantitative estimate of drug-likeness (QED) is 0.511. The Morgan fingerprint density at radius 2 is 1.82 bits per heavy atom. The molecule has 1 aliphatic heterocycles. The number of aromatic nitrogens is 2. The second kappa shape index (κ2) is 7.35. The molecule has 8 nitrogen and oxygen atoms in total. The normalized spacial score (nSPS) is 15.1. The zero-order valence-electron chi connectivity index (χ0n) is 15.0. The third kappa shape index (κ3) is 3.56. The number of rotatable bonds is 4. The highest BCUT2D eigenvalue weighted by Crippen LogP contribution is 2.21. The summed E-state index contributed by atoms with van der Waals surface area (Å²) in [7, 11) is 0. The Morgan fingerprint density at radius 3 is 2.50 bits per heavy atom. The van der Waals surface area contributed by atoms with Crippen molar-refractivity contribution in [2.24, 2.45) is 0 Å². The molecule has 0 atom stereocenters. The lowest BCUT2D eigenvalue weighted by molar-refractivity contribution is -0.384. The van der Waals surface area contributed by atoms with Crippen molar-refractivity contribution in [1.29, 1.82) is 0 Å². The predicted octanol–water partition coefficient (Wildman–Crippen LogP) is 2.50. The molecule has 0 unspecified atom stereocenters. The summed E-state index contributed by atoms with van der Waals surface area (Å²) in [5.41, 5.74) is 1.35. The van der Waals surface area contributed by atoms with Crippen molar-refractivity contribution in [3.8, 4) is 0 Å². The van der Waals surface area contributed by atoms with E-state index in [4.69, 9.17) is 0 Å². The van der Waals surface area contributed by atoms with E-state index in [0.717, 1.165) is 10.9 Å². The van der Waals surface area contributed by atoms with Crippen LogP contribution in [0.2, 0.25) is 0 Å². The zero-order chi connectivity index (χ0) is 19.7. The summed E-state index contributed by atoms with van der Waals surface area (Å²) in [4.78, 5) is 26.9. The third-order valence-corrected chi connectivity index (χ3v) is 4.92. The van der Waals surface area contributed by atoms with Gasteiger partial charge in [-0.25, -0.2) is 4.39 Å². The van der Waals surface area contributed by atoms with E-state index in [-0.39, 0.29) is 17.4 Å². The van der Waals surface area contributed by atoms with Gasteiger partial charge >= 0.3 is 0 Å². The molecule has 1 aromatic heterocycles. The van der Waals surface area contributed by atoms with Crippen LogP contribution in [0.15, 0.2) is 48.7 Å². The summed E-state index contributed by atoms with van der Waals surface area (Å²) in [5.74, 6) is -0.463. The number of benzene rings is 2. The Labute approximate surface area is 159 Å². The van der Waals surface area contributed by atoms with Gasteiger partial charge in [0.2, 0.25) is 0 Å². The standard InChI is InChI=1S/C19H18FN5O3/c20-16-3-1-14(2-4-16)19(26)23-9-7-22(8-10-23)13-24-18-6-5-17(25(27)28)11-15(18)12-21-24/h1-6,11-12H,7-10,13H2. The summed E-state index contributed by atoms with van der Waals surface area (Å²) in [5, 5.41) is 16.0. The molecule has 1 saturated heterocycles. The SMILES string of the molecule is O=C(c1ccc(F)cc1)N1CCN(Cn2ncc3cc([N+](=O)[O-])ccc32)CC1. The van der Waals surface area contributed by atoms with Gasteiger partial charge in [-0.05, 0) is 30.3 Å². The van der Waals surface area contributed by atoms with Gasteiger partial charge in [0.25, 0.3) is 11.6 Å². The first-order valence-electron chi connectivity index (χ1n) is 8.88. The van der Waals surface area contributed by atoms with Crippen molar-refractivity contribution in [2.75, 3.05) is 26.2 Å². The molecule has 0 bridgehead atoms. The van der Waals surface area contributed by atoms with Crippen LogP contribution in [0.25, 0.3) is 10.9 Å². The smallest absolute Gasteiger partial charge is 0.270 e. The summed E-state index contributed by atoms with van der Waals surface area (Å²) in [6.07, 6.45) is 1.62. The van der Waals surface area contributed by atoms with E-state index >= 15 is 0 Å². The Morgan fingerprint density at radius 1 is 1.11 bits per heavy atom. The molecule has 1 fully saturated rings. The van der Waals surface area contributed by atoms with Crippen molar-refractivity contribution in [1.82, 2.24) is 19.6 Å². The van der Waals surface area contributed by atoms with Crippen LogP contribution in [0.4, 0.5) is 10.1 Å². The van der Waals surface area contributed by atoms with Gasteiger partial charge in [-0.15, -0.1) is 0 Å². The number of hydrogen-bond donors (Lipinski definition) is 0. The van der Waals surface area contributed by atoms with Crippen molar-refractivity contribution < 1.29 is 14.1 Å². The zero-order valence-corrected chi connectivity index (χ0v) is 15.0. The number of carbonyl (C=O) groups excluding carboxylic acids is 1. The van der Waals surface area contributed by atoms with E-state index in [1.807, 2.05) is 0 Å². The van der Waals surface area contributed by atoms with Gasteiger partial charge in [0, 0.05) is 49.3 Å². The number of nitro benzene ring substituents is 1. The van der Waals surface area contributed by atoms with Gasteiger partial charge in [0.1, 0.15) is 5.82 Å². The average molecular weight is 383 g/mol. The first-order chi connectivity index (χ1) is 13.5. The molecule has 9 heteroatoms. The molecule has 3 aromatic rings. The minimum atomic E-state index is -0.422. The average Bonchev–Trinajstić information content (AvgIpc) is 3.10. The second-order valence-corrected chi connectivity index (χ2v) is 6.70. The van der Waals surface area contributed by atoms with E-state index in [1.54, 1.807) is 21.8 Å². The van der Waals surface area contributed by atoms with Gasteiger partial charge < -0.3 is 4.90 Å². The van der Waals surface area contributed by atoms with Crippen LogP contribution in [0.1, 0.15) is 10.4 Å². The molecule has 28 heavy (non-hydrogen) atoms. The summed E-state index contributed by atoms with van der Waals surface area (Å²) in [6, 6.07) is 10.3. The van der Waals surface area contributed by atoms with Gasteiger partial charge in [0.05, 0.1) is 23.3 Å². The maximum absolute atomic E-state index is 13.0. The first kappa shape index (κ1) is 18.1. The molecule has 1 amide bonds. The van der Waals surface area contributed by atoms with E-state index in [9.17, 15) is 19.3 Å². The minimum absolute atomic E-state index is 0.0416. The fourth-order valence-electron chi connectivity index (χ4n) is 3.36. The number of fused-ring (bicyclic) bond motifs is 1. The number of halogens is 1. The van der Waals surface area contributed by atoms with E-state index in [2.05, 4.69) is 10.00 Å². The van der Waals surface area contributed by atoms with Crippen LogP contribution in [-0.2, 0) is 6.67 Å². The molecule has 0 aliphatic carbocycles. The number of nitro groups is 1. The lowest BCUT2D eigenvalue weighted by atomic mass is 10.2. The number of amides is 1. The van der Waals surface area contributed by atoms with Gasteiger partial charge in [-0.2, -0.15) is 5.10 Å². The molecule has 2 heterocycles. The van der Waals surface area contributed by atoms with E-state index in [0.29, 0.717) is 38.4 Å². The molecule has 144 valence electrons. The molecule has 0 radical (unpaired) electrons. The lowest BCUT2D eigenvalue weighted by Gasteiger charge is -2.34. The molecule has 2 aromatic carbocycles. The number of non-ortho nitro benzene ring substituents is 1. The Kier molecular flexibility index (Phi) is 4.74. The van der Waals surface area contributed by atoms with Crippen molar-refractivity contribution in [3.05, 3.63) is 70.2 Å². The van der Waals surface area contributed by atoms with E-state index < -0.39 is 4.92 Å². The molecule has 0 N–H and O–H groups in total. The second-order valence-electron chi connectivity index (χ2n) is 6.70. The van der Waals surface area contributed by atoms with Crippen molar-refractivity contribution in [3.63, 3.8) is 0 Å². The summed E-state index contributed by atoms with van der Waals surface area (Å²) < 4.78 is 14.8. The van der Waals surface area contributed by atoms with Crippen LogP contribution in [-0.4, -0.2) is 56.6 Å². The largest absolute Gasteiger partial charge is 0.336 e. The Balaban J connectivity index is 1.39. The number of nitrogens with zero attached hydrogens (tertiary/aromatic N) is 5. The van der Waals surface area contributed by atoms with Gasteiger partial charge in [-0.1, -0.05) is 0 Å². The van der Waals surface area contributed by atoms with Gasteiger partial charge in [0.15, 0.2) is 0 Å². The van der Waals surface area contributed by atoms with E-state index in [1.165, 1.54) is 36.4 Å². The molecule has 0 saturated carbocycles. The van der Waals surface area contributed by atoms with Crippen LogP contribution in [0.5, 0.6) is 0 Å². The highest BCUT2D eigenvalue weighted by molar-refractivity contribution is 5.94. The highest BCUT2D eigenvalue weighted by atomic mass is 19.1. The van der Waals surface area contributed by atoms with Crippen LogP contribution in [0.3, 0.4) is 0 Å². The van der Waals surface area contributed by atoms with Crippen LogP contribution >= 0.6 is 0 Å². The number of piperazine rings is 1. The maximum Gasteiger partial charge on any atom is 0.270 e. The highest BCUT2D eigenvalue weighted by Gasteiger charge is 2.23. The molecule has 4 rings (SSSR count). The molecule has 1 aliphatic rings. The fourth-order valence-corrected chi connectivity index (χ4v) is 3.36. The number of carbonyl (C=O) groups is 1. The predicted molar refractivity (Wildman–Crippen MR) is 100 cm³/mol. The first-order valence-corrected chi connectivity index (χ1v) is 8.88.